The molecule has 0 aliphatic carbocycles. The van der Waals surface area contributed by atoms with E-state index < -0.39 is 0 Å². The number of halogens is 1. The lowest BCUT2D eigenvalue weighted by molar-refractivity contribution is 0.440. The van der Waals surface area contributed by atoms with Crippen LogP contribution in [-0.4, -0.2) is 6.54 Å². The Kier molecular flexibility index (Phi) is 6.83. The van der Waals surface area contributed by atoms with Crippen LogP contribution >= 0.6 is 15.9 Å². The molecule has 0 radical (unpaired) electrons. The third-order valence-corrected chi connectivity index (χ3v) is 3.47. The summed E-state index contributed by atoms with van der Waals surface area (Å²) in [6.07, 6.45) is 3.69. The fourth-order valence-corrected chi connectivity index (χ4v) is 2.16. The Labute approximate surface area is 114 Å². The quantitative estimate of drug-likeness (QED) is 0.753. The molecule has 0 bridgehead atoms. The maximum Gasteiger partial charge on any atom is 0.0320 e. The molecule has 0 heterocycles. The average Bonchev–Trinajstić information content (AvgIpc) is 2.30. The zero-order valence-corrected chi connectivity index (χ0v) is 12.8. The van der Waals surface area contributed by atoms with E-state index in [-0.39, 0.29) is 0 Å². The Morgan fingerprint density at radius 2 is 1.76 bits per heavy atom. The van der Waals surface area contributed by atoms with Crippen LogP contribution in [0.25, 0.3) is 0 Å². The van der Waals surface area contributed by atoms with Crippen molar-refractivity contribution in [3.05, 3.63) is 34.3 Å². The molecule has 0 spiro atoms. The van der Waals surface area contributed by atoms with E-state index in [9.17, 15) is 0 Å². The van der Waals surface area contributed by atoms with E-state index in [1.807, 2.05) is 0 Å². The smallest absolute Gasteiger partial charge is 0.0320 e. The maximum absolute atomic E-state index is 3.65. The van der Waals surface area contributed by atoms with E-state index in [0.29, 0.717) is 6.04 Å². The van der Waals surface area contributed by atoms with Gasteiger partial charge in [0.05, 0.1) is 0 Å². The van der Waals surface area contributed by atoms with Gasteiger partial charge in [0.15, 0.2) is 0 Å². The van der Waals surface area contributed by atoms with E-state index in [1.54, 1.807) is 0 Å². The van der Waals surface area contributed by atoms with Crippen LogP contribution in [0.3, 0.4) is 0 Å². The molecule has 1 aromatic rings. The van der Waals surface area contributed by atoms with Gasteiger partial charge in [-0.25, -0.2) is 0 Å². The second kappa shape index (κ2) is 7.88. The number of nitrogens with one attached hydrogen (secondary N) is 1. The highest BCUT2D eigenvalue weighted by Gasteiger charge is 2.10. The molecule has 1 N–H and O–H groups in total. The molecule has 0 saturated carbocycles. The van der Waals surface area contributed by atoms with Gasteiger partial charge < -0.3 is 5.32 Å². The van der Waals surface area contributed by atoms with Crippen molar-refractivity contribution in [2.75, 3.05) is 6.54 Å². The van der Waals surface area contributed by atoms with Gasteiger partial charge in [0.1, 0.15) is 0 Å². The molecule has 0 saturated heterocycles. The van der Waals surface area contributed by atoms with Gasteiger partial charge in [-0.3, -0.25) is 0 Å². The fraction of sp³-hybridized carbons (Fsp3) is 0.600. The first-order chi connectivity index (χ1) is 8.13. The topological polar surface area (TPSA) is 12.0 Å². The molecule has 0 aliphatic heterocycles. The summed E-state index contributed by atoms with van der Waals surface area (Å²) in [5.74, 6) is 0.774. The van der Waals surface area contributed by atoms with E-state index >= 15 is 0 Å². The minimum absolute atomic E-state index is 0.505. The molecule has 1 aromatic carbocycles. The molecule has 0 amide bonds. The van der Waals surface area contributed by atoms with Crippen LogP contribution in [0.4, 0.5) is 0 Å². The van der Waals surface area contributed by atoms with E-state index in [0.717, 1.165) is 16.9 Å². The van der Waals surface area contributed by atoms with E-state index in [2.05, 4.69) is 66.3 Å². The van der Waals surface area contributed by atoms with Crippen LogP contribution in [-0.2, 0) is 0 Å². The zero-order chi connectivity index (χ0) is 12.7. The predicted molar refractivity (Wildman–Crippen MR) is 79.2 cm³/mol. The van der Waals surface area contributed by atoms with Crippen LogP contribution in [0.15, 0.2) is 28.7 Å². The summed E-state index contributed by atoms with van der Waals surface area (Å²) in [5, 5.41) is 3.65. The summed E-state index contributed by atoms with van der Waals surface area (Å²) in [6.45, 7) is 7.89. The van der Waals surface area contributed by atoms with Gasteiger partial charge >= 0.3 is 0 Å². The third-order valence-electron chi connectivity index (χ3n) is 2.95. The summed E-state index contributed by atoms with van der Waals surface area (Å²) >= 11 is 3.49. The first kappa shape index (κ1) is 14.7. The Bertz CT molecular complexity index is 305. The molecule has 1 nitrogen and oxygen atoms in total. The first-order valence-corrected chi connectivity index (χ1v) is 7.41. The predicted octanol–water partition coefficient (Wildman–Crippen LogP) is 4.93. The second-order valence-corrected chi connectivity index (χ2v) is 5.95. The maximum atomic E-state index is 3.65. The first-order valence-electron chi connectivity index (χ1n) is 6.62. The molecule has 0 aromatic heterocycles. The van der Waals surface area contributed by atoms with Crippen LogP contribution in [0.1, 0.15) is 51.6 Å². The minimum Gasteiger partial charge on any atom is -0.310 e. The molecule has 0 fully saturated rings. The van der Waals surface area contributed by atoms with Gasteiger partial charge in [0.25, 0.3) is 0 Å². The Balaban J connectivity index is 2.63. The lowest BCUT2D eigenvalue weighted by Gasteiger charge is -2.20. The monoisotopic (exact) mass is 297 g/mol. The van der Waals surface area contributed by atoms with Crippen molar-refractivity contribution in [1.82, 2.24) is 5.32 Å². The number of hydrogen-bond acceptors (Lipinski definition) is 1. The lowest BCUT2D eigenvalue weighted by atomic mass is 9.97. The molecule has 1 rings (SSSR count). The van der Waals surface area contributed by atoms with Crippen LogP contribution in [0.2, 0.25) is 0 Å². The van der Waals surface area contributed by atoms with Gasteiger partial charge in [0.2, 0.25) is 0 Å². The molecule has 0 aliphatic rings. The van der Waals surface area contributed by atoms with Crippen LogP contribution in [0, 0.1) is 5.92 Å². The summed E-state index contributed by atoms with van der Waals surface area (Å²) < 4.78 is 1.15. The second-order valence-electron chi connectivity index (χ2n) is 5.03. The molecule has 1 atom stereocenters. The highest BCUT2D eigenvalue weighted by molar-refractivity contribution is 9.10. The molecular formula is C15H24BrN. The summed E-state index contributed by atoms with van der Waals surface area (Å²) in [5.41, 5.74) is 1.40. The van der Waals surface area contributed by atoms with Gasteiger partial charge in [-0.05, 0) is 49.4 Å². The SMILES string of the molecule is CCCNC(CCC(C)C)c1ccc(Br)cc1. The van der Waals surface area contributed by atoms with E-state index in [1.165, 1.54) is 24.8 Å². The molecular weight excluding hydrogens is 274 g/mol. The Morgan fingerprint density at radius 3 is 2.29 bits per heavy atom. The van der Waals surface area contributed by atoms with Crippen molar-refractivity contribution in [1.29, 1.82) is 0 Å². The number of hydrogen-bond donors (Lipinski definition) is 1. The third kappa shape index (κ3) is 5.69. The van der Waals surface area contributed by atoms with Gasteiger partial charge in [-0.1, -0.05) is 48.8 Å². The zero-order valence-electron chi connectivity index (χ0n) is 11.2. The summed E-state index contributed by atoms with van der Waals surface area (Å²) in [7, 11) is 0. The van der Waals surface area contributed by atoms with Gasteiger partial charge in [-0.2, -0.15) is 0 Å². The van der Waals surface area contributed by atoms with Gasteiger partial charge in [0, 0.05) is 10.5 Å². The molecule has 17 heavy (non-hydrogen) atoms. The molecule has 2 heteroatoms. The Morgan fingerprint density at radius 1 is 1.12 bits per heavy atom. The van der Waals surface area contributed by atoms with Crippen molar-refractivity contribution in [2.24, 2.45) is 5.92 Å². The van der Waals surface area contributed by atoms with Crippen molar-refractivity contribution in [3.63, 3.8) is 0 Å². The summed E-state index contributed by atoms with van der Waals surface area (Å²) in [6, 6.07) is 9.21. The van der Waals surface area contributed by atoms with Crippen LogP contribution < -0.4 is 5.32 Å². The normalized spacial score (nSPS) is 13.0. The minimum atomic E-state index is 0.505. The number of rotatable bonds is 7. The molecule has 96 valence electrons. The summed E-state index contributed by atoms with van der Waals surface area (Å²) in [4.78, 5) is 0. The Hall–Kier alpha value is -0.340. The largest absolute Gasteiger partial charge is 0.310 e. The van der Waals surface area contributed by atoms with Crippen molar-refractivity contribution >= 4 is 15.9 Å². The highest BCUT2D eigenvalue weighted by atomic mass is 79.9. The van der Waals surface area contributed by atoms with Crippen LogP contribution in [0.5, 0.6) is 0 Å². The van der Waals surface area contributed by atoms with Crippen molar-refractivity contribution < 1.29 is 0 Å². The van der Waals surface area contributed by atoms with E-state index in [4.69, 9.17) is 0 Å². The van der Waals surface area contributed by atoms with Crippen molar-refractivity contribution in [3.8, 4) is 0 Å². The highest BCUT2D eigenvalue weighted by Crippen LogP contribution is 2.22. The van der Waals surface area contributed by atoms with Gasteiger partial charge in [-0.15, -0.1) is 0 Å². The standard InChI is InChI=1S/C15H24BrN/c1-4-11-17-15(10-5-12(2)3)13-6-8-14(16)9-7-13/h6-9,12,15,17H,4-5,10-11H2,1-3H3. The number of benzene rings is 1. The lowest BCUT2D eigenvalue weighted by Crippen LogP contribution is -2.22. The molecule has 1 unspecified atom stereocenters. The fourth-order valence-electron chi connectivity index (χ4n) is 1.90. The average molecular weight is 298 g/mol. The van der Waals surface area contributed by atoms with Crippen molar-refractivity contribution in [2.45, 2.75) is 46.1 Å².